The molecular formula is C21H27N3O2S. The molecule has 0 aliphatic carbocycles. The SMILES string of the molecule is Cc1nc(C(CC(C)C)NC(=O)c2cccc(N3CCCC3=O)c2)sc1C. The molecule has 0 saturated carbocycles. The van der Waals surface area contributed by atoms with Crippen LogP contribution in [0, 0.1) is 19.8 Å². The molecule has 1 atom stereocenters. The second-order valence-electron chi connectivity index (χ2n) is 7.55. The van der Waals surface area contributed by atoms with Crippen molar-refractivity contribution >= 4 is 28.8 Å². The molecule has 2 aromatic rings. The van der Waals surface area contributed by atoms with Crippen molar-refractivity contribution in [1.29, 1.82) is 0 Å². The van der Waals surface area contributed by atoms with E-state index in [-0.39, 0.29) is 17.9 Å². The smallest absolute Gasteiger partial charge is 0.251 e. The van der Waals surface area contributed by atoms with Crippen LogP contribution in [0.5, 0.6) is 0 Å². The van der Waals surface area contributed by atoms with Crippen LogP contribution in [0.2, 0.25) is 0 Å². The molecule has 1 aliphatic rings. The fourth-order valence-electron chi connectivity index (χ4n) is 3.32. The van der Waals surface area contributed by atoms with Gasteiger partial charge in [0.2, 0.25) is 5.91 Å². The van der Waals surface area contributed by atoms with Crippen molar-refractivity contribution in [1.82, 2.24) is 10.3 Å². The van der Waals surface area contributed by atoms with E-state index in [9.17, 15) is 9.59 Å². The van der Waals surface area contributed by atoms with E-state index in [2.05, 4.69) is 31.1 Å². The number of hydrogen-bond acceptors (Lipinski definition) is 4. The fraction of sp³-hybridized carbons (Fsp3) is 0.476. The molecule has 0 bridgehead atoms. The lowest BCUT2D eigenvalue weighted by Gasteiger charge is -2.20. The first kappa shape index (κ1) is 19.5. The van der Waals surface area contributed by atoms with Gasteiger partial charge < -0.3 is 10.2 Å². The normalized spacial score (nSPS) is 15.4. The van der Waals surface area contributed by atoms with Gasteiger partial charge >= 0.3 is 0 Å². The number of aryl methyl sites for hydroxylation is 2. The van der Waals surface area contributed by atoms with E-state index in [4.69, 9.17) is 0 Å². The molecule has 1 saturated heterocycles. The van der Waals surface area contributed by atoms with E-state index < -0.39 is 0 Å². The lowest BCUT2D eigenvalue weighted by atomic mass is 10.0. The highest BCUT2D eigenvalue weighted by atomic mass is 32.1. The summed E-state index contributed by atoms with van der Waals surface area (Å²) in [7, 11) is 0. The third-order valence-corrected chi connectivity index (χ3v) is 6.04. The first-order chi connectivity index (χ1) is 12.8. The summed E-state index contributed by atoms with van der Waals surface area (Å²) in [5, 5.41) is 4.11. The van der Waals surface area contributed by atoms with Gasteiger partial charge in [0.1, 0.15) is 5.01 Å². The highest BCUT2D eigenvalue weighted by Crippen LogP contribution is 2.28. The van der Waals surface area contributed by atoms with Gasteiger partial charge in [-0.2, -0.15) is 0 Å². The lowest BCUT2D eigenvalue weighted by molar-refractivity contribution is -0.117. The minimum atomic E-state index is -0.125. The predicted octanol–water partition coefficient (Wildman–Crippen LogP) is 4.40. The zero-order chi connectivity index (χ0) is 19.6. The Labute approximate surface area is 164 Å². The molecule has 1 aromatic carbocycles. The van der Waals surface area contributed by atoms with Crippen LogP contribution in [-0.4, -0.2) is 23.3 Å². The standard InChI is InChI=1S/C21H27N3O2S/c1-13(2)11-18(21-22-14(3)15(4)27-21)23-20(26)16-7-5-8-17(12-16)24-10-6-9-19(24)25/h5,7-8,12-13,18H,6,9-11H2,1-4H3,(H,23,26). The van der Waals surface area contributed by atoms with Crippen molar-refractivity contribution in [3.8, 4) is 0 Å². The number of benzene rings is 1. The average molecular weight is 386 g/mol. The summed E-state index contributed by atoms with van der Waals surface area (Å²) in [4.78, 5) is 32.5. The summed E-state index contributed by atoms with van der Waals surface area (Å²) < 4.78 is 0. The summed E-state index contributed by atoms with van der Waals surface area (Å²) in [6.45, 7) is 9.07. The molecule has 1 aromatic heterocycles. The Kier molecular flexibility index (Phi) is 5.95. The summed E-state index contributed by atoms with van der Waals surface area (Å²) in [5.41, 5.74) is 2.39. The van der Waals surface area contributed by atoms with Crippen LogP contribution in [0.1, 0.15) is 65.1 Å². The Morgan fingerprint density at radius 2 is 2.11 bits per heavy atom. The van der Waals surface area contributed by atoms with E-state index in [1.807, 2.05) is 25.1 Å². The Bertz CT molecular complexity index is 824. The number of amides is 2. The van der Waals surface area contributed by atoms with Gasteiger partial charge in [-0.25, -0.2) is 4.98 Å². The monoisotopic (exact) mass is 385 g/mol. The van der Waals surface area contributed by atoms with E-state index in [1.165, 1.54) is 4.88 Å². The number of aromatic nitrogens is 1. The summed E-state index contributed by atoms with van der Waals surface area (Å²) in [6.07, 6.45) is 2.28. The van der Waals surface area contributed by atoms with Gasteiger partial charge in [0.15, 0.2) is 0 Å². The molecular weight excluding hydrogens is 358 g/mol. The van der Waals surface area contributed by atoms with Crippen LogP contribution in [0.4, 0.5) is 5.69 Å². The van der Waals surface area contributed by atoms with Gasteiger partial charge in [-0.3, -0.25) is 9.59 Å². The van der Waals surface area contributed by atoms with Gasteiger partial charge in [-0.1, -0.05) is 19.9 Å². The minimum absolute atomic E-state index is 0.105. The maximum Gasteiger partial charge on any atom is 0.251 e. The molecule has 2 heterocycles. The molecule has 1 unspecified atom stereocenters. The molecule has 5 nitrogen and oxygen atoms in total. The van der Waals surface area contributed by atoms with Crippen molar-refractivity contribution in [3.05, 3.63) is 45.4 Å². The van der Waals surface area contributed by atoms with Crippen LogP contribution in [0.25, 0.3) is 0 Å². The third-order valence-electron chi connectivity index (χ3n) is 4.85. The number of hydrogen-bond donors (Lipinski definition) is 1. The number of thiazole rings is 1. The summed E-state index contributed by atoms with van der Waals surface area (Å²) >= 11 is 1.65. The number of nitrogens with zero attached hydrogens (tertiary/aromatic N) is 2. The van der Waals surface area contributed by atoms with Crippen molar-refractivity contribution in [2.24, 2.45) is 5.92 Å². The maximum atomic E-state index is 12.9. The maximum absolute atomic E-state index is 12.9. The lowest BCUT2D eigenvalue weighted by Crippen LogP contribution is -2.30. The minimum Gasteiger partial charge on any atom is -0.343 e. The first-order valence-corrected chi connectivity index (χ1v) is 10.3. The molecule has 1 aliphatic heterocycles. The molecule has 6 heteroatoms. The largest absolute Gasteiger partial charge is 0.343 e. The molecule has 0 spiro atoms. The highest BCUT2D eigenvalue weighted by molar-refractivity contribution is 7.11. The molecule has 2 amide bonds. The molecule has 144 valence electrons. The first-order valence-electron chi connectivity index (χ1n) is 9.50. The van der Waals surface area contributed by atoms with Crippen molar-refractivity contribution < 1.29 is 9.59 Å². The van der Waals surface area contributed by atoms with Crippen LogP contribution < -0.4 is 10.2 Å². The van der Waals surface area contributed by atoms with Gasteiger partial charge in [0.25, 0.3) is 5.91 Å². The van der Waals surface area contributed by atoms with Gasteiger partial charge in [0.05, 0.1) is 11.7 Å². The number of nitrogens with one attached hydrogen (secondary N) is 1. The van der Waals surface area contributed by atoms with Crippen LogP contribution >= 0.6 is 11.3 Å². The average Bonchev–Trinajstić information content (AvgIpc) is 3.19. The van der Waals surface area contributed by atoms with Gasteiger partial charge in [0, 0.05) is 29.1 Å². The third kappa shape index (κ3) is 4.56. The van der Waals surface area contributed by atoms with Crippen molar-refractivity contribution in [3.63, 3.8) is 0 Å². The molecule has 1 fully saturated rings. The summed E-state index contributed by atoms with van der Waals surface area (Å²) in [6, 6.07) is 7.23. The Morgan fingerprint density at radius 1 is 1.33 bits per heavy atom. The zero-order valence-corrected chi connectivity index (χ0v) is 17.2. The number of anilines is 1. The Balaban J connectivity index is 1.80. The quantitative estimate of drug-likeness (QED) is 0.801. The predicted molar refractivity (Wildman–Crippen MR) is 109 cm³/mol. The highest BCUT2D eigenvalue weighted by Gasteiger charge is 2.24. The van der Waals surface area contributed by atoms with E-state index in [1.54, 1.807) is 22.3 Å². The molecule has 3 rings (SSSR count). The number of carbonyl (C=O) groups is 2. The van der Waals surface area contributed by atoms with E-state index in [0.29, 0.717) is 17.9 Å². The van der Waals surface area contributed by atoms with E-state index >= 15 is 0 Å². The number of rotatable bonds is 6. The van der Waals surface area contributed by atoms with Gasteiger partial charge in [-0.05, 0) is 50.8 Å². The molecule has 1 N–H and O–H groups in total. The Hall–Kier alpha value is -2.21. The van der Waals surface area contributed by atoms with Crippen LogP contribution in [0.3, 0.4) is 0 Å². The van der Waals surface area contributed by atoms with Crippen LogP contribution in [-0.2, 0) is 4.79 Å². The molecule has 27 heavy (non-hydrogen) atoms. The number of carbonyl (C=O) groups excluding carboxylic acids is 2. The second kappa shape index (κ2) is 8.21. The van der Waals surface area contributed by atoms with Gasteiger partial charge in [-0.15, -0.1) is 11.3 Å². The zero-order valence-electron chi connectivity index (χ0n) is 16.4. The fourth-order valence-corrected chi connectivity index (χ4v) is 4.30. The Morgan fingerprint density at radius 3 is 2.70 bits per heavy atom. The van der Waals surface area contributed by atoms with Crippen LogP contribution in [0.15, 0.2) is 24.3 Å². The second-order valence-corrected chi connectivity index (χ2v) is 8.78. The van der Waals surface area contributed by atoms with Crippen molar-refractivity contribution in [2.75, 3.05) is 11.4 Å². The summed E-state index contributed by atoms with van der Waals surface area (Å²) in [5.74, 6) is 0.437. The molecule has 0 radical (unpaired) electrons. The van der Waals surface area contributed by atoms with E-state index in [0.717, 1.165) is 35.8 Å². The topological polar surface area (TPSA) is 62.3 Å². The van der Waals surface area contributed by atoms with Crippen molar-refractivity contribution in [2.45, 2.75) is 53.0 Å².